The van der Waals surface area contributed by atoms with Crippen LogP contribution >= 0.6 is 35.0 Å². The molecular weight excluding hydrogens is 389 g/mol. The average molecular weight is 401 g/mol. The van der Waals surface area contributed by atoms with E-state index in [1.54, 1.807) is 24.3 Å². The predicted octanol–water partition coefficient (Wildman–Crippen LogP) is 5.41. The van der Waals surface area contributed by atoms with Crippen molar-refractivity contribution in [3.8, 4) is 0 Å². The third-order valence-corrected chi connectivity index (χ3v) is 5.26. The monoisotopic (exact) mass is 400 g/mol. The van der Waals surface area contributed by atoms with Crippen LogP contribution in [-0.2, 0) is 0 Å². The Labute approximate surface area is 157 Å². The highest BCUT2D eigenvalue weighted by Gasteiger charge is 2.29. The van der Waals surface area contributed by atoms with Gasteiger partial charge in [-0.25, -0.2) is 8.78 Å². The van der Waals surface area contributed by atoms with E-state index in [0.29, 0.717) is 15.9 Å². The summed E-state index contributed by atoms with van der Waals surface area (Å²) < 4.78 is 26.9. The molecule has 8 heteroatoms. The van der Waals surface area contributed by atoms with Crippen molar-refractivity contribution in [3.05, 3.63) is 63.6 Å². The summed E-state index contributed by atoms with van der Waals surface area (Å²) in [6.45, 7) is 1.93. The number of hydrogen-bond acceptors (Lipinski definition) is 3. The summed E-state index contributed by atoms with van der Waals surface area (Å²) >= 11 is 13.3. The highest BCUT2D eigenvalue weighted by Crippen LogP contribution is 2.30. The van der Waals surface area contributed by atoms with Crippen LogP contribution in [0.5, 0.6) is 0 Å². The summed E-state index contributed by atoms with van der Waals surface area (Å²) in [5, 5.41) is 0.816. The number of nitrogens with zero attached hydrogens (tertiary/aromatic N) is 2. The van der Waals surface area contributed by atoms with Crippen molar-refractivity contribution < 1.29 is 13.6 Å². The minimum Gasteiger partial charge on any atom is -0.268 e. The fraction of sp³-hybridized carbons (Fsp3) is 0.176. The lowest BCUT2D eigenvalue weighted by Crippen LogP contribution is -2.35. The van der Waals surface area contributed by atoms with Gasteiger partial charge in [0.2, 0.25) is 0 Å². The minimum absolute atomic E-state index is 0.0445. The molecule has 0 bridgehead atoms. The van der Waals surface area contributed by atoms with Gasteiger partial charge in [0.1, 0.15) is 0 Å². The summed E-state index contributed by atoms with van der Waals surface area (Å²) in [5.74, 6) is -2.12. The summed E-state index contributed by atoms with van der Waals surface area (Å²) in [6, 6.07) is 8.20. The number of benzene rings is 2. The van der Waals surface area contributed by atoms with Crippen LogP contribution in [0.25, 0.3) is 0 Å². The van der Waals surface area contributed by atoms with Gasteiger partial charge in [0, 0.05) is 10.8 Å². The van der Waals surface area contributed by atoms with Crippen LogP contribution in [0.3, 0.4) is 0 Å². The molecule has 1 aliphatic heterocycles. The molecule has 1 amide bonds. The van der Waals surface area contributed by atoms with Crippen molar-refractivity contribution in [2.75, 3.05) is 10.7 Å². The Morgan fingerprint density at radius 1 is 1.20 bits per heavy atom. The lowest BCUT2D eigenvalue weighted by atomic mass is 10.1. The number of amides is 1. The number of halogens is 4. The molecular formula is C17H12Cl2F2N2OS. The molecule has 0 spiro atoms. The van der Waals surface area contributed by atoms with Crippen molar-refractivity contribution in [2.24, 2.45) is 4.99 Å². The van der Waals surface area contributed by atoms with Gasteiger partial charge in [-0.05, 0) is 43.3 Å². The smallest absolute Gasteiger partial charge is 0.266 e. The quantitative estimate of drug-likeness (QED) is 0.631. The molecule has 1 aliphatic rings. The average Bonchev–Trinajstić information content (AvgIpc) is 2.99. The van der Waals surface area contributed by atoms with E-state index in [0.717, 1.165) is 17.9 Å². The van der Waals surface area contributed by atoms with Gasteiger partial charge in [0.05, 0.1) is 22.3 Å². The molecule has 2 aromatic rings. The molecule has 0 N–H and O–H groups in total. The SMILES string of the molecule is C[C@@H]1CSC(N(C(=O)c2cc(F)c(F)cc2Cl)c2ccc(Cl)cc2)=N1. The zero-order chi connectivity index (χ0) is 18.1. The normalized spacial score (nSPS) is 16.7. The van der Waals surface area contributed by atoms with Crippen LogP contribution in [0.2, 0.25) is 10.0 Å². The molecule has 130 valence electrons. The fourth-order valence-corrected chi connectivity index (χ4v) is 3.69. The summed E-state index contributed by atoms with van der Waals surface area (Å²) in [4.78, 5) is 18.8. The second-order valence-corrected chi connectivity index (χ2v) is 7.27. The van der Waals surface area contributed by atoms with Crippen LogP contribution in [0.1, 0.15) is 17.3 Å². The Morgan fingerprint density at radius 2 is 1.84 bits per heavy atom. The van der Waals surface area contributed by atoms with Crippen molar-refractivity contribution in [3.63, 3.8) is 0 Å². The highest BCUT2D eigenvalue weighted by molar-refractivity contribution is 8.14. The number of amidine groups is 1. The number of carbonyl (C=O) groups is 1. The molecule has 0 unspecified atom stereocenters. The molecule has 3 rings (SSSR count). The summed E-state index contributed by atoms with van der Waals surface area (Å²) in [5.41, 5.74) is 0.369. The maximum absolute atomic E-state index is 13.6. The van der Waals surface area contributed by atoms with Crippen molar-refractivity contribution >= 4 is 51.7 Å². The minimum atomic E-state index is -1.14. The molecule has 1 heterocycles. The largest absolute Gasteiger partial charge is 0.268 e. The summed E-state index contributed by atoms with van der Waals surface area (Å²) in [7, 11) is 0. The molecule has 0 aromatic heterocycles. The van der Waals surface area contributed by atoms with E-state index in [1.165, 1.54) is 16.7 Å². The van der Waals surface area contributed by atoms with Gasteiger partial charge in [-0.2, -0.15) is 0 Å². The first-order valence-corrected chi connectivity index (χ1v) is 9.06. The van der Waals surface area contributed by atoms with Crippen LogP contribution in [-0.4, -0.2) is 22.9 Å². The van der Waals surface area contributed by atoms with Crippen LogP contribution in [0.15, 0.2) is 41.4 Å². The molecule has 2 aromatic carbocycles. The predicted molar refractivity (Wildman–Crippen MR) is 99.0 cm³/mol. The van der Waals surface area contributed by atoms with Gasteiger partial charge in [0.25, 0.3) is 5.91 Å². The molecule has 0 fully saturated rings. The number of rotatable bonds is 2. The fourth-order valence-electron chi connectivity index (χ4n) is 2.29. The van der Waals surface area contributed by atoms with E-state index in [-0.39, 0.29) is 16.6 Å². The molecule has 0 aliphatic carbocycles. The van der Waals surface area contributed by atoms with Crippen molar-refractivity contribution in [2.45, 2.75) is 13.0 Å². The second-order valence-electron chi connectivity index (χ2n) is 5.43. The Kier molecular flexibility index (Phi) is 5.32. The third-order valence-electron chi connectivity index (χ3n) is 3.50. The number of thioether (sulfide) groups is 1. The van der Waals surface area contributed by atoms with Gasteiger partial charge < -0.3 is 0 Å². The lowest BCUT2D eigenvalue weighted by Gasteiger charge is -2.22. The van der Waals surface area contributed by atoms with Gasteiger partial charge in [0.15, 0.2) is 16.8 Å². The molecule has 25 heavy (non-hydrogen) atoms. The molecule has 0 saturated heterocycles. The zero-order valence-corrected chi connectivity index (χ0v) is 15.3. The Bertz CT molecular complexity index is 858. The van der Waals surface area contributed by atoms with E-state index in [2.05, 4.69) is 4.99 Å². The van der Waals surface area contributed by atoms with E-state index in [4.69, 9.17) is 23.2 Å². The van der Waals surface area contributed by atoms with Gasteiger partial charge in [-0.3, -0.25) is 14.7 Å². The number of anilines is 1. The Hall–Kier alpha value is -1.63. The van der Waals surface area contributed by atoms with Crippen molar-refractivity contribution in [1.29, 1.82) is 0 Å². The third kappa shape index (κ3) is 3.81. The van der Waals surface area contributed by atoms with Gasteiger partial charge in [-0.15, -0.1) is 0 Å². The van der Waals surface area contributed by atoms with Gasteiger partial charge in [-0.1, -0.05) is 35.0 Å². The van der Waals surface area contributed by atoms with E-state index in [9.17, 15) is 13.6 Å². The standard InChI is InChI=1S/C17H12Cl2F2N2OS/c1-9-8-25-17(22-9)23(11-4-2-10(18)3-5-11)16(24)12-6-14(20)15(21)7-13(12)19/h2-7,9H,8H2,1H3/t9-/m1/s1. The molecule has 0 saturated carbocycles. The maximum Gasteiger partial charge on any atom is 0.266 e. The van der Waals surface area contributed by atoms with Crippen LogP contribution in [0, 0.1) is 11.6 Å². The molecule has 3 nitrogen and oxygen atoms in total. The number of aliphatic imine (C=N–C) groups is 1. The first-order chi connectivity index (χ1) is 11.9. The highest BCUT2D eigenvalue weighted by atomic mass is 35.5. The number of carbonyl (C=O) groups excluding carboxylic acids is 1. The first-order valence-electron chi connectivity index (χ1n) is 7.32. The topological polar surface area (TPSA) is 32.7 Å². The molecule has 0 radical (unpaired) electrons. The molecule has 1 atom stereocenters. The van der Waals surface area contributed by atoms with Crippen LogP contribution in [0.4, 0.5) is 14.5 Å². The first kappa shape index (κ1) is 18.2. The van der Waals surface area contributed by atoms with Crippen molar-refractivity contribution in [1.82, 2.24) is 0 Å². The maximum atomic E-state index is 13.6. The van der Waals surface area contributed by atoms with Crippen LogP contribution < -0.4 is 4.90 Å². The second kappa shape index (κ2) is 7.32. The summed E-state index contributed by atoms with van der Waals surface area (Å²) in [6.07, 6.45) is 0. The zero-order valence-electron chi connectivity index (χ0n) is 13.0. The Morgan fingerprint density at radius 3 is 2.44 bits per heavy atom. The van der Waals surface area contributed by atoms with E-state index >= 15 is 0 Å². The van der Waals surface area contributed by atoms with E-state index < -0.39 is 17.5 Å². The lowest BCUT2D eigenvalue weighted by molar-refractivity contribution is 0.100. The van der Waals surface area contributed by atoms with Gasteiger partial charge >= 0.3 is 0 Å². The van der Waals surface area contributed by atoms with E-state index in [1.807, 2.05) is 6.92 Å². The Balaban J connectivity index is 2.08. The number of hydrogen-bond donors (Lipinski definition) is 0.